The Hall–Kier alpha value is -1.23. The SMILES string of the molecule is Fc1cc(F)c2[nH]c(=S)n(CC3CCC3)c2c1. The van der Waals surface area contributed by atoms with Crippen molar-refractivity contribution in [3.05, 3.63) is 28.5 Å². The molecule has 1 aromatic heterocycles. The fraction of sp³-hybridized carbons (Fsp3) is 0.417. The zero-order chi connectivity index (χ0) is 12.0. The minimum Gasteiger partial charge on any atom is -0.328 e. The van der Waals surface area contributed by atoms with Gasteiger partial charge >= 0.3 is 0 Å². The molecule has 1 aliphatic carbocycles. The van der Waals surface area contributed by atoms with Crippen LogP contribution in [0.1, 0.15) is 19.3 Å². The molecule has 3 rings (SSSR count). The molecule has 2 aromatic rings. The fourth-order valence-corrected chi connectivity index (χ4v) is 2.57. The van der Waals surface area contributed by atoms with E-state index in [-0.39, 0.29) is 0 Å². The summed E-state index contributed by atoms with van der Waals surface area (Å²) in [6.07, 6.45) is 3.58. The van der Waals surface area contributed by atoms with Crippen LogP contribution in [0, 0.1) is 22.3 Å². The lowest BCUT2D eigenvalue weighted by Crippen LogP contribution is -2.18. The Morgan fingerprint density at radius 3 is 2.76 bits per heavy atom. The van der Waals surface area contributed by atoms with E-state index in [0.717, 1.165) is 12.6 Å². The Kier molecular flexibility index (Phi) is 2.50. The maximum atomic E-state index is 13.5. The first-order valence-electron chi connectivity index (χ1n) is 5.72. The van der Waals surface area contributed by atoms with Crippen LogP contribution < -0.4 is 0 Å². The second kappa shape index (κ2) is 3.91. The van der Waals surface area contributed by atoms with Gasteiger partial charge in [-0.25, -0.2) is 8.78 Å². The summed E-state index contributed by atoms with van der Waals surface area (Å²) < 4.78 is 29.0. The third kappa shape index (κ3) is 1.78. The van der Waals surface area contributed by atoms with E-state index >= 15 is 0 Å². The van der Waals surface area contributed by atoms with Gasteiger partial charge in [0.25, 0.3) is 0 Å². The van der Waals surface area contributed by atoms with Crippen LogP contribution in [-0.4, -0.2) is 9.55 Å². The summed E-state index contributed by atoms with van der Waals surface area (Å²) in [5, 5.41) is 0. The van der Waals surface area contributed by atoms with Crippen molar-refractivity contribution < 1.29 is 8.78 Å². The molecule has 0 spiro atoms. The molecule has 1 N–H and O–H groups in total. The molecule has 0 bridgehead atoms. The molecule has 0 amide bonds. The number of halogens is 2. The minimum absolute atomic E-state index is 0.302. The van der Waals surface area contributed by atoms with Gasteiger partial charge in [0.15, 0.2) is 10.6 Å². The molecule has 2 nitrogen and oxygen atoms in total. The molecule has 1 aromatic carbocycles. The van der Waals surface area contributed by atoms with Gasteiger partial charge in [0.05, 0.1) is 5.52 Å². The zero-order valence-corrected chi connectivity index (χ0v) is 9.99. The Morgan fingerprint density at radius 2 is 2.12 bits per heavy atom. The van der Waals surface area contributed by atoms with Crippen LogP contribution in [0.15, 0.2) is 12.1 Å². The topological polar surface area (TPSA) is 20.7 Å². The van der Waals surface area contributed by atoms with E-state index in [1.54, 1.807) is 4.57 Å². The first-order chi connectivity index (χ1) is 8.15. The normalized spacial score (nSPS) is 16.4. The number of nitrogens with zero attached hydrogens (tertiary/aromatic N) is 1. The maximum absolute atomic E-state index is 13.5. The molecule has 0 radical (unpaired) electrons. The van der Waals surface area contributed by atoms with Gasteiger partial charge < -0.3 is 9.55 Å². The van der Waals surface area contributed by atoms with Gasteiger partial charge in [-0.3, -0.25) is 0 Å². The molecule has 90 valence electrons. The van der Waals surface area contributed by atoms with Crippen molar-refractivity contribution in [3.8, 4) is 0 Å². The first-order valence-corrected chi connectivity index (χ1v) is 6.13. The van der Waals surface area contributed by atoms with Gasteiger partial charge in [0.2, 0.25) is 0 Å². The lowest BCUT2D eigenvalue weighted by atomic mass is 9.85. The summed E-state index contributed by atoms with van der Waals surface area (Å²) in [6, 6.07) is 2.21. The minimum atomic E-state index is -0.585. The van der Waals surface area contributed by atoms with E-state index < -0.39 is 11.6 Å². The van der Waals surface area contributed by atoms with E-state index in [9.17, 15) is 8.78 Å². The van der Waals surface area contributed by atoms with Crippen LogP contribution in [0.25, 0.3) is 11.0 Å². The lowest BCUT2D eigenvalue weighted by Gasteiger charge is -2.25. The summed E-state index contributed by atoms with van der Waals surface area (Å²) in [4.78, 5) is 2.81. The van der Waals surface area contributed by atoms with Crippen LogP contribution in [-0.2, 0) is 6.54 Å². The lowest BCUT2D eigenvalue weighted by molar-refractivity contribution is 0.278. The molecule has 0 aliphatic heterocycles. The number of fused-ring (bicyclic) bond motifs is 1. The molecule has 1 fully saturated rings. The molecule has 5 heteroatoms. The van der Waals surface area contributed by atoms with Crippen LogP contribution in [0.3, 0.4) is 0 Å². The van der Waals surface area contributed by atoms with Gasteiger partial charge in [0.1, 0.15) is 11.3 Å². The van der Waals surface area contributed by atoms with Crippen molar-refractivity contribution in [3.63, 3.8) is 0 Å². The molecular weight excluding hydrogens is 242 g/mol. The predicted molar refractivity (Wildman–Crippen MR) is 64.4 cm³/mol. The number of nitrogens with one attached hydrogen (secondary N) is 1. The summed E-state index contributed by atoms with van der Waals surface area (Å²) in [7, 11) is 0. The molecule has 17 heavy (non-hydrogen) atoms. The molecule has 1 saturated carbocycles. The van der Waals surface area contributed by atoms with Gasteiger partial charge in [-0.1, -0.05) is 6.42 Å². The number of hydrogen-bond donors (Lipinski definition) is 1. The van der Waals surface area contributed by atoms with Crippen molar-refractivity contribution in [1.82, 2.24) is 9.55 Å². The predicted octanol–water partition coefficient (Wildman–Crippen LogP) is 3.78. The highest BCUT2D eigenvalue weighted by atomic mass is 32.1. The van der Waals surface area contributed by atoms with E-state index in [1.165, 1.54) is 25.3 Å². The standard InChI is InChI=1S/C12H12F2N2S/c13-8-4-9(14)11-10(5-8)16(12(17)15-11)6-7-2-1-3-7/h4-5,7H,1-3,6H2,(H,15,17). The molecule has 0 atom stereocenters. The molecule has 1 aliphatic rings. The third-order valence-electron chi connectivity index (χ3n) is 3.47. The van der Waals surface area contributed by atoms with Crippen LogP contribution in [0.2, 0.25) is 0 Å². The number of hydrogen-bond acceptors (Lipinski definition) is 1. The molecular formula is C12H12F2N2S. The summed E-state index contributed by atoms with van der Waals surface area (Å²) in [6.45, 7) is 0.752. The van der Waals surface area contributed by atoms with E-state index in [4.69, 9.17) is 12.2 Å². The molecule has 0 saturated heterocycles. The van der Waals surface area contributed by atoms with Crippen molar-refractivity contribution in [2.45, 2.75) is 25.8 Å². The Labute approximate surface area is 102 Å². The van der Waals surface area contributed by atoms with Gasteiger partial charge in [-0.05, 0) is 37.0 Å². The highest BCUT2D eigenvalue weighted by Crippen LogP contribution is 2.29. The first kappa shape index (κ1) is 10.9. The number of aromatic amines is 1. The van der Waals surface area contributed by atoms with E-state index in [2.05, 4.69) is 4.98 Å². The number of H-pyrrole nitrogens is 1. The second-order valence-corrected chi connectivity index (χ2v) is 5.01. The van der Waals surface area contributed by atoms with E-state index in [1.807, 2.05) is 0 Å². The Morgan fingerprint density at radius 1 is 1.35 bits per heavy atom. The zero-order valence-electron chi connectivity index (χ0n) is 9.17. The molecule has 1 heterocycles. The second-order valence-electron chi connectivity index (χ2n) is 4.62. The van der Waals surface area contributed by atoms with Crippen LogP contribution in [0.5, 0.6) is 0 Å². The monoisotopic (exact) mass is 254 g/mol. The summed E-state index contributed by atoms with van der Waals surface area (Å²) >= 11 is 5.16. The highest BCUT2D eigenvalue weighted by molar-refractivity contribution is 7.71. The van der Waals surface area contributed by atoms with Crippen LogP contribution in [0.4, 0.5) is 8.78 Å². The van der Waals surface area contributed by atoms with Crippen molar-refractivity contribution in [2.24, 2.45) is 5.92 Å². The van der Waals surface area contributed by atoms with Crippen molar-refractivity contribution >= 4 is 23.3 Å². The largest absolute Gasteiger partial charge is 0.328 e. The fourth-order valence-electron chi connectivity index (χ4n) is 2.30. The van der Waals surface area contributed by atoms with Gasteiger partial charge in [0, 0.05) is 12.6 Å². The number of imidazole rings is 1. The van der Waals surface area contributed by atoms with Crippen molar-refractivity contribution in [1.29, 1.82) is 0 Å². The maximum Gasteiger partial charge on any atom is 0.178 e. The number of benzene rings is 1. The average Bonchev–Trinajstić information content (AvgIpc) is 2.49. The smallest absolute Gasteiger partial charge is 0.178 e. The summed E-state index contributed by atoms with van der Waals surface area (Å²) in [5.41, 5.74) is 0.829. The van der Waals surface area contributed by atoms with Crippen molar-refractivity contribution in [2.75, 3.05) is 0 Å². The highest BCUT2D eigenvalue weighted by Gasteiger charge is 2.20. The average molecular weight is 254 g/mol. The number of rotatable bonds is 2. The Bertz CT molecular complexity index is 625. The summed E-state index contributed by atoms with van der Waals surface area (Å²) in [5.74, 6) is -0.558. The van der Waals surface area contributed by atoms with Crippen LogP contribution >= 0.6 is 12.2 Å². The Balaban J connectivity index is 2.15. The van der Waals surface area contributed by atoms with E-state index in [0.29, 0.717) is 21.7 Å². The van der Waals surface area contributed by atoms with Gasteiger partial charge in [-0.2, -0.15) is 0 Å². The number of aromatic nitrogens is 2. The molecule has 0 unspecified atom stereocenters. The quantitative estimate of drug-likeness (QED) is 0.809. The third-order valence-corrected chi connectivity index (χ3v) is 3.79. The van der Waals surface area contributed by atoms with Gasteiger partial charge in [-0.15, -0.1) is 0 Å².